The minimum atomic E-state index is -0.304. The van der Waals surface area contributed by atoms with Crippen molar-refractivity contribution in [1.82, 2.24) is 24.5 Å². The molecule has 0 saturated carbocycles. The molecule has 3 aromatic heterocycles. The van der Waals surface area contributed by atoms with Gasteiger partial charge in [-0.25, -0.2) is 4.39 Å². The highest BCUT2D eigenvalue weighted by Gasteiger charge is 2.24. The largest absolute Gasteiger partial charge is 0.463 e. The SMILES string of the molecule is Nc1nc(NCCN2CCN(c3cc4c(cc3F)NC(=O)C4)CC2)nc2cc(-c3ccco3)nn12. The van der Waals surface area contributed by atoms with Crippen LogP contribution in [0.3, 0.4) is 0 Å². The fourth-order valence-electron chi connectivity index (χ4n) is 4.55. The van der Waals surface area contributed by atoms with Gasteiger partial charge >= 0.3 is 0 Å². The Morgan fingerprint density at radius 3 is 2.83 bits per heavy atom. The number of halogens is 1. The van der Waals surface area contributed by atoms with Crippen LogP contribution in [0.4, 0.5) is 27.7 Å². The van der Waals surface area contributed by atoms with Gasteiger partial charge in [0.25, 0.3) is 0 Å². The molecule has 0 atom stereocenters. The third-order valence-electron chi connectivity index (χ3n) is 6.34. The van der Waals surface area contributed by atoms with E-state index in [0.29, 0.717) is 60.5 Å². The molecule has 0 bridgehead atoms. The second-order valence-corrected chi connectivity index (χ2v) is 8.62. The van der Waals surface area contributed by atoms with Crippen LogP contribution in [0.15, 0.2) is 41.0 Å². The lowest BCUT2D eigenvalue weighted by Gasteiger charge is -2.36. The molecule has 4 N–H and O–H groups in total. The number of carbonyl (C=O) groups excluding carboxylic acids is 1. The van der Waals surface area contributed by atoms with E-state index in [4.69, 9.17) is 10.2 Å². The van der Waals surface area contributed by atoms with Crippen molar-refractivity contribution in [1.29, 1.82) is 0 Å². The molecule has 0 aliphatic carbocycles. The summed E-state index contributed by atoms with van der Waals surface area (Å²) in [6, 6.07) is 8.63. The van der Waals surface area contributed by atoms with Crippen molar-refractivity contribution in [2.75, 3.05) is 60.5 Å². The molecule has 2 aliphatic rings. The number of amides is 1. The van der Waals surface area contributed by atoms with Gasteiger partial charge in [-0.1, -0.05) is 0 Å². The van der Waals surface area contributed by atoms with Crippen LogP contribution in [0.2, 0.25) is 0 Å². The molecular weight excluding hydrogens is 453 g/mol. The van der Waals surface area contributed by atoms with Gasteiger partial charge in [-0.3, -0.25) is 9.69 Å². The van der Waals surface area contributed by atoms with Gasteiger partial charge in [-0.05, 0) is 29.8 Å². The van der Waals surface area contributed by atoms with Gasteiger partial charge in [-0.15, -0.1) is 0 Å². The van der Waals surface area contributed by atoms with Crippen LogP contribution in [0.25, 0.3) is 17.1 Å². The van der Waals surface area contributed by atoms with E-state index in [1.807, 2.05) is 11.0 Å². The lowest BCUT2D eigenvalue weighted by molar-refractivity contribution is -0.115. The molecule has 5 heterocycles. The molecule has 1 amide bonds. The number of fused-ring (bicyclic) bond motifs is 2. The maximum atomic E-state index is 14.6. The molecule has 11 nitrogen and oxygen atoms in total. The highest BCUT2D eigenvalue weighted by molar-refractivity contribution is 5.99. The van der Waals surface area contributed by atoms with Crippen LogP contribution >= 0.6 is 0 Å². The average Bonchev–Trinajstić information content (AvgIpc) is 3.58. The van der Waals surface area contributed by atoms with Crippen LogP contribution in [-0.2, 0) is 11.2 Å². The second-order valence-electron chi connectivity index (χ2n) is 8.62. The van der Waals surface area contributed by atoms with E-state index in [0.717, 1.165) is 25.2 Å². The molecule has 12 heteroatoms. The van der Waals surface area contributed by atoms with Crippen molar-refractivity contribution >= 4 is 34.8 Å². The van der Waals surface area contributed by atoms with Crippen molar-refractivity contribution in [2.24, 2.45) is 0 Å². The van der Waals surface area contributed by atoms with E-state index in [2.05, 4.69) is 30.6 Å². The van der Waals surface area contributed by atoms with Crippen molar-refractivity contribution in [3.05, 3.63) is 48.0 Å². The third kappa shape index (κ3) is 4.12. The van der Waals surface area contributed by atoms with Gasteiger partial charge in [0, 0.05) is 51.0 Å². The number of nitrogens with one attached hydrogen (secondary N) is 2. The van der Waals surface area contributed by atoms with Gasteiger partial charge in [0.15, 0.2) is 11.4 Å². The Hall–Kier alpha value is -4.19. The van der Waals surface area contributed by atoms with E-state index in [-0.39, 0.29) is 17.7 Å². The zero-order valence-electron chi connectivity index (χ0n) is 18.9. The molecule has 1 aromatic carbocycles. The molecule has 180 valence electrons. The zero-order chi connectivity index (χ0) is 23.9. The molecule has 0 unspecified atom stereocenters. The van der Waals surface area contributed by atoms with E-state index >= 15 is 0 Å². The Kier molecular flexibility index (Phi) is 5.21. The summed E-state index contributed by atoms with van der Waals surface area (Å²) < 4.78 is 21.5. The van der Waals surface area contributed by atoms with Crippen molar-refractivity contribution in [3.63, 3.8) is 0 Å². The molecule has 35 heavy (non-hydrogen) atoms. The molecule has 1 saturated heterocycles. The van der Waals surface area contributed by atoms with Crippen LogP contribution < -0.4 is 21.3 Å². The molecule has 4 aromatic rings. The molecule has 2 aliphatic heterocycles. The van der Waals surface area contributed by atoms with Gasteiger partial charge in [-0.2, -0.15) is 19.6 Å². The number of hydrogen-bond acceptors (Lipinski definition) is 9. The molecular formula is C23H24FN9O2. The number of aromatic nitrogens is 4. The highest BCUT2D eigenvalue weighted by Crippen LogP contribution is 2.31. The monoisotopic (exact) mass is 477 g/mol. The summed E-state index contributed by atoms with van der Waals surface area (Å²) in [4.78, 5) is 24.7. The Labute approximate surface area is 199 Å². The Bertz CT molecular complexity index is 1390. The predicted molar refractivity (Wildman–Crippen MR) is 129 cm³/mol. The number of piperazine rings is 1. The fraction of sp³-hybridized carbons (Fsp3) is 0.304. The quantitative estimate of drug-likeness (QED) is 0.381. The number of benzene rings is 1. The summed E-state index contributed by atoms with van der Waals surface area (Å²) in [6.07, 6.45) is 1.89. The first kappa shape index (κ1) is 21.4. The topological polar surface area (TPSA) is 130 Å². The fourth-order valence-corrected chi connectivity index (χ4v) is 4.55. The summed E-state index contributed by atoms with van der Waals surface area (Å²) in [5.41, 5.74) is 9.27. The van der Waals surface area contributed by atoms with Crippen LogP contribution in [0, 0.1) is 5.82 Å². The summed E-state index contributed by atoms with van der Waals surface area (Å²) >= 11 is 0. The predicted octanol–water partition coefficient (Wildman–Crippen LogP) is 1.83. The first-order valence-electron chi connectivity index (χ1n) is 11.4. The van der Waals surface area contributed by atoms with Gasteiger partial charge in [0.1, 0.15) is 11.5 Å². The third-order valence-corrected chi connectivity index (χ3v) is 6.34. The Balaban J connectivity index is 1.04. The number of nitrogens with zero attached hydrogens (tertiary/aromatic N) is 6. The maximum absolute atomic E-state index is 14.6. The first-order chi connectivity index (χ1) is 17.0. The molecule has 0 spiro atoms. The van der Waals surface area contributed by atoms with Crippen molar-refractivity contribution in [2.45, 2.75) is 6.42 Å². The zero-order valence-corrected chi connectivity index (χ0v) is 18.9. The van der Waals surface area contributed by atoms with Crippen LogP contribution in [0.1, 0.15) is 5.56 Å². The summed E-state index contributed by atoms with van der Waals surface area (Å²) in [5.74, 6) is 0.903. The molecule has 1 fully saturated rings. The lowest BCUT2D eigenvalue weighted by atomic mass is 10.1. The highest BCUT2D eigenvalue weighted by atomic mass is 19.1. The Morgan fingerprint density at radius 1 is 1.17 bits per heavy atom. The van der Waals surface area contributed by atoms with Crippen LogP contribution in [0.5, 0.6) is 0 Å². The maximum Gasteiger partial charge on any atom is 0.228 e. The summed E-state index contributed by atoms with van der Waals surface area (Å²) in [5, 5.41) is 10.3. The van der Waals surface area contributed by atoms with Crippen LogP contribution in [-0.4, -0.2) is 69.7 Å². The normalized spacial score (nSPS) is 16.0. The van der Waals surface area contributed by atoms with E-state index in [9.17, 15) is 9.18 Å². The number of hydrogen-bond donors (Lipinski definition) is 3. The average molecular weight is 478 g/mol. The standard InChI is InChI=1S/C23H24FN9O2/c24-15-12-16-14(11-21(34)27-16)10-18(15)32-7-5-31(6-8-32)4-3-26-23-28-20-13-17(19-2-1-9-35-19)30-33(20)22(25)29-23/h1-2,9-10,12-13H,3-8,11H2,(H,27,34)(H3,25,26,28,29). The number of nitrogen functional groups attached to an aromatic ring is 1. The van der Waals surface area contributed by atoms with E-state index < -0.39 is 0 Å². The number of anilines is 4. The van der Waals surface area contributed by atoms with Crippen molar-refractivity contribution in [3.8, 4) is 11.5 Å². The number of furan rings is 1. The molecule has 0 radical (unpaired) electrons. The number of nitrogens with two attached hydrogens (primary N) is 1. The Morgan fingerprint density at radius 2 is 2.03 bits per heavy atom. The second kappa shape index (κ2) is 8.55. The first-order valence-corrected chi connectivity index (χ1v) is 11.4. The smallest absolute Gasteiger partial charge is 0.228 e. The minimum Gasteiger partial charge on any atom is -0.463 e. The molecule has 6 rings (SSSR count). The van der Waals surface area contributed by atoms with E-state index in [1.165, 1.54) is 10.6 Å². The number of rotatable bonds is 6. The van der Waals surface area contributed by atoms with Crippen molar-refractivity contribution < 1.29 is 13.6 Å². The minimum absolute atomic E-state index is 0.0926. The summed E-state index contributed by atoms with van der Waals surface area (Å²) in [7, 11) is 0. The van der Waals surface area contributed by atoms with E-state index in [1.54, 1.807) is 24.5 Å². The number of carbonyl (C=O) groups is 1. The summed E-state index contributed by atoms with van der Waals surface area (Å²) in [6.45, 7) is 4.43. The van der Waals surface area contributed by atoms with Gasteiger partial charge in [0.2, 0.25) is 17.8 Å². The van der Waals surface area contributed by atoms with Gasteiger partial charge < -0.3 is 25.7 Å². The lowest BCUT2D eigenvalue weighted by Crippen LogP contribution is -2.48. The van der Waals surface area contributed by atoms with Gasteiger partial charge in [0.05, 0.1) is 18.4 Å².